The summed E-state index contributed by atoms with van der Waals surface area (Å²) >= 11 is 0. The van der Waals surface area contributed by atoms with Crippen molar-refractivity contribution in [3.8, 4) is 11.3 Å². The quantitative estimate of drug-likeness (QED) is 0.410. The van der Waals surface area contributed by atoms with Crippen LogP contribution in [0.25, 0.3) is 11.3 Å². The number of rotatable bonds is 7. The van der Waals surface area contributed by atoms with Crippen LogP contribution < -0.4 is 10.8 Å². The van der Waals surface area contributed by atoms with Gasteiger partial charge in [0.1, 0.15) is 0 Å². The van der Waals surface area contributed by atoms with E-state index in [9.17, 15) is 9.59 Å². The number of hydroxylamine groups is 1. The Labute approximate surface area is 127 Å². The second-order valence-electron chi connectivity index (χ2n) is 4.64. The molecule has 0 bridgehead atoms. The highest BCUT2D eigenvalue weighted by atomic mass is 16.5. The van der Waals surface area contributed by atoms with Gasteiger partial charge in [0.05, 0.1) is 6.20 Å². The van der Waals surface area contributed by atoms with Gasteiger partial charge >= 0.3 is 5.91 Å². The van der Waals surface area contributed by atoms with Crippen molar-refractivity contribution in [3.05, 3.63) is 42.4 Å². The maximum absolute atomic E-state index is 11.9. The second-order valence-corrected chi connectivity index (χ2v) is 4.64. The van der Waals surface area contributed by atoms with Gasteiger partial charge in [0, 0.05) is 18.5 Å². The third-order valence-corrected chi connectivity index (χ3v) is 3.00. The Balaban J connectivity index is 1.79. The van der Waals surface area contributed by atoms with Crippen molar-refractivity contribution in [1.82, 2.24) is 15.8 Å². The summed E-state index contributed by atoms with van der Waals surface area (Å²) in [6.07, 6.45) is 2.90. The van der Waals surface area contributed by atoms with Crippen LogP contribution >= 0.6 is 0 Å². The van der Waals surface area contributed by atoms with Gasteiger partial charge in [-0.25, -0.2) is 10.5 Å². The van der Waals surface area contributed by atoms with Gasteiger partial charge in [-0.05, 0) is 12.8 Å². The van der Waals surface area contributed by atoms with Gasteiger partial charge in [0.25, 0.3) is 5.89 Å². The minimum Gasteiger partial charge on any atom is -0.432 e. The van der Waals surface area contributed by atoms with Crippen LogP contribution in [0.15, 0.2) is 40.9 Å². The monoisotopic (exact) mass is 303 g/mol. The number of unbranched alkanes of at least 4 members (excludes halogenated alkanes) is 1. The van der Waals surface area contributed by atoms with Gasteiger partial charge in [-0.2, -0.15) is 0 Å². The van der Waals surface area contributed by atoms with Gasteiger partial charge in [0.2, 0.25) is 5.91 Å². The van der Waals surface area contributed by atoms with Gasteiger partial charge < -0.3 is 9.73 Å². The molecule has 1 aromatic carbocycles. The smallest absolute Gasteiger partial charge is 0.307 e. The molecule has 0 fully saturated rings. The molecule has 0 aliphatic heterocycles. The molecule has 116 valence electrons. The molecule has 7 nitrogen and oxygen atoms in total. The van der Waals surface area contributed by atoms with E-state index in [1.165, 1.54) is 6.20 Å². The van der Waals surface area contributed by atoms with E-state index in [4.69, 9.17) is 9.62 Å². The first kappa shape index (κ1) is 15.7. The van der Waals surface area contributed by atoms with Crippen LogP contribution in [0.5, 0.6) is 0 Å². The Morgan fingerprint density at radius 1 is 1.18 bits per heavy atom. The molecular formula is C15H17N3O4. The summed E-state index contributed by atoms with van der Waals surface area (Å²) in [5.41, 5.74) is 2.41. The maximum Gasteiger partial charge on any atom is 0.307 e. The molecule has 0 atom stereocenters. The molecule has 1 heterocycles. The molecule has 22 heavy (non-hydrogen) atoms. The SMILES string of the molecule is O=C(CCCCNC(=O)c1ncc(-c2ccccc2)o1)NO. The van der Waals surface area contributed by atoms with Crippen LogP contribution in [-0.2, 0) is 4.79 Å². The number of hydrogen-bond donors (Lipinski definition) is 3. The number of carbonyl (C=O) groups is 2. The Hall–Kier alpha value is -2.67. The summed E-state index contributed by atoms with van der Waals surface area (Å²) in [6, 6.07) is 9.38. The minimum absolute atomic E-state index is 0.00644. The van der Waals surface area contributed by atoms with E-state index >= 15 is 0 Å². The topological polar surface area (TPSA) is 104 Å². The summed E-state index contributed by atoms with van der Waals surface area (Å²) in [5.74, 6) is -0.294. The van der Waals surface area contributed by atoms with Gasteiger partial charge in [0.15, 0.2) is 5.76 Å². The summed E-state index contributed by atoms with van der Waals surface area (Å²) in [7, 11) is 0. The van der Waals surface area contributed by atoms with Crippen molar-refractivity contribution in [1.29, 1.82) is 0 Å². The van der Waals surface area contributed by atoms with Crippen LogP contribution in [0.3, 0.4) is 0 Å². The molecule has 0 aliphatic rings. The zero-order valence-electron chi connectivity index (χ0n) is 11.9. The first-order valence-electron chi connectivity index (χ1n) is 6.93. The Kier molecular flexibility index (Phi) is 5.67. The molecule has 0 spiro atoms. The zero-order chi connectivity index (χ0) is 15.8. The molecule has 1 aromatic heterocycles. The predicted octanol–water partition coefficient (Wildman–Crippen LogP) is 1.75. The van der Waals surface area contributed by atoms with Crippen LogP contribution in [0, 0.1) is 0 Å². The fourth-order valence-electron chi connectivity index (χ4n) is 1.86. The van der Waals surface area contributed by atoms with E-state index in [0.29, 0.717) is 25.1 Å². The zero-order valence-corrected chi connectivity index (χ0v) is 11.9. The third kappa shape index (κ3) is 4.42. The van der Waals surface area contributed by atoms with E-state index < -0.39 is 11.8 Å². The molecular weight excluding hydrogens is 286 g/mol. The highest BCUT2D eigenvalue weighted by Gasteiger charge is 2.13. The summed E-state index contributed by atoms with van der Waals surface area (Å²) < 4.78 is 5.42. The van der Waals surface area contributed by atoms with Gasteiger partial charge in [-0.3, -0.25) is 14.8 Å². The minimum atomic E-state index is -0.438. The fourth-order valence-corrected chi connectivity index (χ4v) is 1.86. The van der Waals surface area contributed by atoms with Crippen molar-refractivity contribution in [2.45, 2.75) is 19.3 Å². The number of benzene rings is 1. The Morgan fingerprint density at radius 2 is 1.95 bits per heavy atom. The van der Waals surface area contributed by atoms with Crippen molar-refractivity contribution < 1.29 is 19.2 Å². The molecule has 0 unspecified atom stereocenters. The van der Waals surface area contributed by atoms with Crippen molar-refractivity contribution in [2.75, 3.05) is 6.54 Å². The lowest BCUT2D eigenvalue weighted by atomic mass is 10.2. The molecule has 7 heteroatoms. The van der Waals surface area contributed by atoms with Crippen molar-refractivity contribution in [2.24, 2.45) is 0 Å². The molecule has 2 amide bonds. The number of carbonyl (C=O) groups excluding carboxylic acids is 2. The van der Waals surface area contributed by atoms with Crippen LogP contribution in [0.2, 0.25) is 0 Å². The van der Waals surface area contributed by atoms with Crippen LogP contribution in [-0.4, -0.2) is 28.6 Å². The molecule has 2 aromatic rings. The lowest BCUT2D eigenvalue weighted by Crippen LogP contribution is -2.25. The van der Waals surface area contributed by atoms with Crippen molar-refractivity contribution >= 4 is 11.8 Å². The standard InChI is InChI=1S/C15H17N3O4/c19-13(18-21)8-4-5-9-16-14(20)15-17-10-12(22-15)11-6-2-1-3-7-11/h1-3,6-7,10,21H,4-5,8-9H2,(H,16,20)(H,18,19). The Morgan fingerprint density at radius 3 is 2.68 bits per heavy atom. The molecule has 0 radical (unpaired) electrons. The maximum atomic E-state index is 11.9. The summed E-state index contributed by atoms with van der Waals surface area (Å²) in [5, 5.41) is 11.0. The average molecular weight is 303 g/mol. The van der Waals surface area contributed by atoms with Gasteiger partial charge in [-0.15, -0.1) is 0 Å². The first-order chi connectivity index (χ1) is 10.7. The summed E-state index contributed by atoms with van der Waals surface area (Å²) in [6.45, 7) is 0.403. The lowest BCUT2D eigenvalue weighted by Gasteiger charge is -2.02. The first-order valence-corrected chi connectivity index (χ1v) is 6.93. The summed E-state index contributed by atoms with van der Waals surface area (Å²) in [4.78, 5) is 26.6. The van der Waals surface area contributed by atoms with E-state index in [-0.39, 0.29) is 12.3 Å². The number of hydrogen-bond acceptors (Lipinski definition) is 5. The molecule has 0 saturated heterocycles. The number of nitrogens with one attached hydrogen (secondary N) is 2. The number of oxazole rings is 1. The lowest BCUT2D eigenvalue weighted by molar-refractivity contribution is -0.129. The van der Waals surface area contributed by atoms with E-state index in [1.54, 1.807) is 5.48 Å². The normalized spacial score (nSPS) is 10.2. The fraction of sp³-hybridized carbons (Fsp3) is 0.267. The van der Waals surface area contributed by atoms with Crippen LogP contribution in [0.4, 0.5) is 0 Å². The van der Waals surface area contributed by atoms with E-state index in [1.807, 2.05) is 30.3 Å². The highest BCUT2D eigenvalue weighted by Crippen LogP contribution is 2.19. The number of nitrogens with zero attached hydrogens (tertiary/aromatic N) is 1. The van der Waals surface area contributed by atoms with Crippen molar-refractivity contribution in [3.63, 3.8) is 0 Å². The second kappa shape index (κ2) is 7.94. The molecule has 2 rings (SSSR count). The van der Waals surface area contributed by atoms with E-state index in [0.717, 1.165) is 5.56 Å². The van der Waals surface area contributed by atoms with E-state index in [2.05, 4.69) is 10.3 Å². The highest BCUT2D eigenvalue weighted by molar-refractivity contribution is 5.89. The predicted molar refractivity (Wildman–Crippen MR) is 78.1 cm³/mol. The number of amides is 2. The third-order valence-electron chi connectivity index (χ3n) is 3.00. The number of aromatic nitrogens is 1. The molecule has 3 N–H and O–H groups in total. The average Bonchev–Trinajstić information content (AvgIpc) is 3.05. The van der Waals surface area contributed by atoms with Crippen LogP contribution in [0.1, 0.15) is 29.9 Å². The Bertz CT molecular complexity index is 625. The molecule has 0 saturated carbocycles. The largest absolute Gasteiger partial charge is 0.432 e. The molecule has 0 aliphatic carbocycles. The van der Waals surface area contributed by atoms with Gasteiger partial charge in [-0.1, -0.05) is 30.3 Å².